The summed E-state index contributed by atoms with van der Waals surface area (Å²) in [6.45, 7) is 4.65. The molecule has 1 atom stereocenters. The van der Waals surface area contributed by atoms with Crippen molar-refractivity contribution in [3.05, 3.63) is 216 Å². The van der Waals surface area contributed by atoms with Gasteiger partial charge in [-0.3, -0.25) is 0 Å². The smallest absolute Gasteiger partial charge is 0.158 e. The van der Waals surface area contributed by atoms with Crippen molar-refractivity contribution in [2.24, 2.45) is 0 Å². The molecule has 0 radical (unpaired) electrons. The number of benzene rings is 8. The minimum atomic E-state index is -1.33. The van der Waals surface area contributed by atoms with Crippen molar-refractivity contribution in [1.29, 1.82) is 0 Å². The molecule has 10 rings (SSSR count). The molecular weight excluding hydrogens is 713 g/mol. The van der Waals surface area contributed by atoms with Crippen LogP contribution < -0.4 is 4.90 Å². The molecule has 1 unspecified atom stereocenters. The van der Waals surface area contributed by atoms with Gasteiger partial charge in [-0.25, -0.2) is 0 Å². The van der Waals surface area contributed by atoms with Crippen LogP contribution in [0, 0.1) is 11.8 Å². The van der Waals surface area contributed by atoms with Crippen molar-refractivity contribution in [1.82, 2.24) is 4.57 Å². The molecule has 0 aliphatic heterocycles. The molecule has 8 aromatic carbocycles. The molecule has 1 aromatic heterocycles. The second-order valence-electron chi connectivity index (χ2n) is 15.0. The number of rotatable bonds is 6. The van der Waals surface area contributed by atoms with Crippen LogP contribution in [0.2, 0.25) is 0 Å². The van der Waals surface area contributed by atoms with Gasteiger partial charge in [0.2, 0.25) is 0 Å². The van der Waals surface area contributed by atoms with E-state index in [0.717, 1.165) is 43.7 Å². The van der Waals surface area contributed by atoms with E-state index in [1.165, 1.54) is 44.1 Å². The van der Waals surface area contributed by atoms with E-state index in [0.29, 0.717) is 0 Å². The van der Waals surface area contributed by atoms with Crippen LogP contribution in [0.15, 0.2) is 204 Å². The van der Waals surface area contributed by atoms with Gasteiger partial charge in [0.25, 0.3) is 0 Å². The Morgan fingerprint density at radius 3 is 1.67 bits per heavy atom. The summed E-state index contributed by atoms with van der Waals surface area (Å²) in [4.78, 5) is 3.70. The van der Waals surface area contributed by atoms with Crippen molar-refractivity contribution in [2.75, 3.05) is 4.90 Å². The van der Waals surface area contributed by atoms with Crippen LogP contribution in [0.5, 0.6) is 0 Å². The summed E-state index contributed by atoms with van der Waals surface area (Å²) in [6, 6.07) is 67.1. The third-order valence-corrected chi connectivity index (χ3v) is 12.6. The first-order valence-electron chi connectivity index (χ1n) is 19.3. The van der Waals surface area contributed by atoms with Gasteiger partial charge in [0.05, 0.1) is 11.0 Å². The van der Waals surface area contributed by atoms with Crippen molar-refractivity contribution in [3.63, 3.8) is 0 Å². The Morgan fingerprint density at radius 1 is 0.474 bits per heavy atom. The average molecular weight is 751 g/mol. The zero-order valence-electron chi connectivity index (χ0n) is 31.7. The Morgan fingerprint density at radius 2 is 1.00 bits per heavy atom. The van der Waals surface area contributed by atoms with Crippen molar-refractivity contribution in [3.8, 4) is 28.7 Å². The van der Waals surface area contributed by atoms with E-state index in [1.54, 1.807) is 0 Å². The number of hydrogen-bond acceptors (Lipinski definition) is 2. The van der Waals surface area contributed by atoms with Gasteiger partial charge in [-0.2, -0.15) is 0 Å². The van der Waals surface area contributed by atoms with Gasteiger partial charge in [-0.05, 0) is 138 Å². The van der Waals surface area contributed by atoms with Crippen LogP contribution in [0.3, 0.4) is 0 Å². The predicted octanol–water partition coefficient (Wildman–Crippen LogP) is 13.1. The Labute approximate surface area is 336 Å². The van der Waals surface area contributed by atoms with Crippen LogP contribution in [0.25, 0.3) is 38.6 Å². The number of anilines is 3. The number of nitrogens with zero attached hydrogens (tertiary/aromatic N) is 2. The average Bonchev–Trinajstić information content (AvgIpc) is 3.70. The largest absolute Gasteiger partial charge is 0.606 e. The van der Waals surface area contributed by atoms with Gasteiger partial charge in [0.15, 0.2) is 9.79 Å². The SMILES string of the molecule is CC1(C)c2cc(C#Cc3ccc([S+]([O-])c4ccc(N(c5ccccc5)c5ccccc5)cc4)cc3)ccc2-c2cc3c(cc21)c1ccccc1n3-c1ccccc1. The number of hydrogen-bond donors (Lipinski definition) is 0. The van der Waals surface area contributed by atoms with Gasteiger partial charge < -0.3 is 14.0 Å². The Bertz CT molecular complexity index is 2940. The first kappa shape index (κ1) is 34.7. The molecule has 1 aliphatic carbocycles. The lowest BCUT2D eigenvalue weighted by molar-refractivity contribution is 0.595. The molecule has 9 aromatic rings. The van der Waals surface area contributed by atoms with Crippen molar-refractivity contribution < 1.29 is 4.55 Å². The number of aromatic nitrogens is 1. The van der Waals surface area contributed by atoms with E-state index >= 15 is 0 Å². The number of para-hydroxylation sites is 4. The van der Waals surface area contributed by atoms with Gasteiger partial charge in [-0.1, -0.05) is 105 Å². The van der Waals surface area contributed by atoms with Crippen molar-refractivity contribution >= 4 is 50.0 Å². The fourth-order valence-electron chi connectivity index (χ4n) is 8.39. The highest BCUT2D eigenvalue weighted by atomic mass is 32.2. The van der Waals surface area contributed by atoms with Crippen molar-refractivity contribution in [2.45, 2.75) is 29.1 Å². The second-order valence-corrected chi connectivity index (χ2v) is 16.5. The maximum absolute atomic E-state index is 13.7. The fraction of sp³-hybridized carbons (Fsp3) is 0.0566. The molecule has 272 valence electrons. The Kier molecular flexibility index (Phi) is 8.56. The van der Waals surface area contributed by atoms with Crippen LogP contribution >= 0.6 is 0 Å². The normalized spacial score (nSPS) is 13.1. The zero-order chi connectivity index (χ0) is 38.5. The van der Waals surface area contributed by atoms with Gasteiger partial charge in [-0.15, -0.1) is 0 Å². The summed E-state index contributed by atoms with van der Waals surface area (Å²) in [7, 11) is 0. The summed E-state index contributed by atoms with van der Waals surface area (Å²) >= 11 is -1.33. The maximum atomic E-state index is 13.7. The van der Waals surface area contributed by atoms with E-state index in [9.17, 15) is 4.55 Å². The molecule has 0 N–H and O–H groups in total. The van der Waals surface area contributed by atoms with Crippen LogP contribution in [-0.2, 0) is 16.6 Å². The molecule has 57 heavy (non-hydrogen) atoms. The zero-order valence-corrected chi connectivity index (χ0v) is 32.5. The molecule has 0 bridgehead atoms. The van der Waals surface area contributed by atoms with Crippen LogP contribution in [-0.4, -0.2) is 9.12 Å². The summed E-state index contributed by atoms with van der Waals surface area (Å²) in [5.74, 6) is 6.80. The van der Waals surface area contributed by atoms with E-state index in [-0.39, 0.29) is 5.41 Å². The molecule has 1 aliphatic rings. The first-order valence-corrected chi connectivity index (χ1v) is 20.4. The third kappa shape index (κ3) is 6.09. The maximum Gasteiger partial charge on any atom is 0.158 e. The lowest BCUT2D eigenvalue weighted by Gasteiger charge is -2.25. The van der Waals surface area contributed by atoms with E-state index in [2.05, 4.69) is 144 Å². The summed E-state index contributed by atoms with van der Waals surface area (Å²) in [5, 5.41) is 2.53. The lowest BCUT2D eigenvalue weighted by atomic mass is 9.81. The second kappa shape index (κ2) is 14.1. The standard InChI is InChI=1S/C53H38N2OS/c1-53(2)49-34-38(26-33-45(49)47-36-52-48(35-50(47)53)46-20-12-13-21-51(46)55(52)41-18-10-5-11-19-41)23-22-37-24-29-43(30-25-37)57(56)44-31-27-42(28-32-44)54(39-14-6-3-7-15-39)40-16-8-4-9-17-40/h3-21,24-36H,1-2H3. The molecule has 3 nitrogen and oxygen atoms in total. The highest BCUT2D eigenvalue weighted by molar-refractivity contribution is 7.91. The minimum Gasteiger partial charge on any atom is -0.606 e. The molecule has 0 spiro atoms. The van der Waals surface area contributed by atoms with Crippen LogP contribution in [0.1, 0.15) is 36.1 Å². The lowest BCUT2D eigenvalue weighted by Crippen LogP contribution is -2.15. The molecule has 0 fully saturated rings. The summed E-state index contributed by atoms with van der Waals surface area (Å²) in [5.41, 5.74) is 13.6. The minimum absolute atomic E-state index is 0.183. The Hall–Kier alpha value is -6.77. The molecule has 0 saturated carbocycles. The molecule has 0 saturated heterocycles. The quantitative estimate of drug-likeness (QED) is 0.125. The third-order valence-electron chi connectivity index (χ3n) is 11.2. The van der Waals surface area contributed by atoms with Gasteiger partial charge in [0, 0.05) is 61.2 Å². The number of fused-ring (bicyclic) bond motifs is 6. The van der Waals surface area contributed by atoms with E-state index in [1.807, 2.05) is 84.9 Å². The monoisotopic (exact) mass is 750 g/mol. The van der Waals surface area contributed by atoms with Gasteiger partial charge >= 0.3 is 0 Å². The fourth-order valence-corrected chi connectivity index (χ4v) is 9.43. The predicted molar refractivity (Wildman–Crippen MR) is 237 cm³/mol. The summed E-state index contributed by atoms with van der Waals surface area (Å²) in [6.07, 6.45) is 0. The topological polar surface area (TPSA) is 31.2 Å². The van der Waals surface area contributed by atoms with E-state index < -0.39 is 11.2 Å². The molecular formula is C53H38N2OS. The molecule has 4 heteroatoms. The van der Waals surface area contributed by atoms with Crippen LogP contribution in [0.4, 0.5) is 17.1 Å². The first-order chi connectivity index (χ1) is 27.9. The molecule has 1 heterocycles. The highest BCUT2D eigenvalue weighted by Gasteiger charge is 2.36. The van der Waals surface area contributed by atoms with Gasteiger partial charge in [0.1, 0.15) is 0 Å². The summed E-state index contributed by atoms with van der Waals surface area (Å²) < 4.78 is 16.1. The highest BCUT2D eigenvalue weighted by Crippen LogP contribution is 2.51. The van der Waals surface area contributed by atoms with E-state index in [4.69, 9.17) is 0 Å². The Balaban J connectivity index is 0.909. The molecule has 0 amide bonds.